The number of aromatic amines is 1. The minimum atomic E-state index is -3.94. The monoisotopic (exact) mass is 419 g/mol. The third kappa shape index (κ3) is 4.27. The number of anilines is 2. The zero-order valence-electron chi connectivity index (χ0n) is 14.7. The fourth-order valence-corrected chi connectivity index (χ4v) is 3.19. The van der Waals surface area contributed by atoms with Crippen molar-refractivity contribution in [1.29, 1.82) is 0 Å². The molecule has 3 rings (SSSR count). The third-order valence-corrected chi connectivity index (χ3v) is 4.87. The van der Waals surface area contributed by atoms with Gasteiger partial charge < -0.3 is 10.1 Å². The van der Waals surface area contributed by atoms with Gasteiger partial charge in [-0.2, -0.15) is 0 Å². The molecular weight excluding hydrogens is 406 g/mol. The summed E-state index contributed by atoms with van der Waals surface area (Å²) in [7, 11) is -2.76. The number of ether oxygens (including phenoxy) is 1. The molecule has 2 heterocycles. The number of H-pyrrole nitrogens is 1. The maximum Gasteiger partial charge on any atom is 0.362 e. The second kappa shape index (κ2) is 7.89. The first-order valence-electron chi connectivity index (χ1n) is 7.80. The van der Waals surface area contributed by atoms with Crippen LogP contribution in [0.25, 0.3) is 0 Å². The molecule has 1 aromatic carbocycles. The molecule has 0 aliphatic heterocycles. The maximum absolute atomic E-state index is 12.3. The molecule has 1 amide bonds. The highest BCUT2D eigenvalue weighted by molar-refractivity contribution is 7.92. The second-order valence-corrected chi connectivity index (χ2v) is 7.05. The van der Waals surface area contributed by atoms with Crippen LogP contribution in [0.3, 0.4) is 0 Å². The van der Waals surface area contributed by atoms with E-state index in [1.807, 2.05) is 0 Å². The van der Waals surface area contributed by atoms with Crippen LogP contribution in [-0.4, -0.2) is 46.5 Å². The molecule has 0 saturated carbocycles. The summed E-state index contributed by atoms with van der Waals surface area (Å²) in [4.78, 5) is 30.1. The van der Waals surface area contributed by atoms with Crippen molar-refractivity contribution in [2.75, 3.05) is 17.1 Å². The van der Waals surface area contributed by atoms with Gasteiger partial charge in [-0.25, -0.2) is 23.1 Å². The van der Waals surface area contributed by atoms with Crippen molar-refractivity contribution >= 4 is 33.3 Å². The summed E-state index contributed by atoms with van der Waals surface area (Å²) in [5.41, 5.74) is -0.824. The highest BCUT2D eigenvalue weighted by atomic mass is 32.2. The minimum Gasteiger partial charge on any atom is -0.475 e. The molecule has 0 aliphatic rings. The van der Waals surface area contributed by atoms with Gasteiger partial charge in [-0.15, -0.1) is 5.10 Å². The molecule has 0 saturated heterocycles. The highest BCUT2D eigenvalue weighted by Gasteiger charge is 2.30. The summed E-state index contributed by atoms with van der Waals surface area (Å²) in [5.74, 6) is -1.28. The van der Waals surface area contributed by atoms with E-state index in [2.05, 4.69) is 30.2 Å². The molecule has 0 atom stereocenters. The molecule has 0 aliphatic carbocycles. The van der Waals surface area contributed by atoms with E-state index < -0.39 is 32.2 Å². The lowest BCUT2D eigenvalue weighted by atomic mass is 10.3. The number of aromatic nitrogens is 4. The van der Waals surface area contributed by atoms with E-state index >= 15 is 0 Å². The van der Waals surface area contributed by atoms with Crippen LogP contribution in [0.1, 0.15) is 10.5 Å². The lowest BCUT2D eigenvalue weighted by molar-refractivity contribution is -0.386. The Labute approximate surface area is 163 Å². The van der Waals surface area contributed by atoms with E-state index in [0.717, 1.165) is 0 Å². The Bertz CT molecular complexity index is 1150. The van der Waals surface area contributed by atoms with Crippen LogP contribution in [-0.2, 0) is 10.0 Å². The van der Waals surface area contributed by atoms with Gasteiger partial charge in [0.05, 0.1) is 16.9 Å². The molecule has 0 bridgehead atoms. The molecule has 2 aromatic heterocycles. The summed E-state index contributed by atoms with van der Waals surface area (Å²) in [6.45, 7) is 0. The van der Waals surface area contributed by atoms with Crippen molar-refractivity contribution in [2.45, 2.75) is 4.90 Å². The zero-order chi connectivity index (χ0) is 21.0. The van der Waals surface area contributed by atoms with E-state index in [1.165, 1.54) is 49.8 Å². The minimum absolute atomic E-state index is 0.0922. The fourth-order valence-electron chi connectivity index (χ4n) is 2.23. The quantitative estimate of drug-likeness (QED) is 0.374. The van der Waals surface area contributed by atoms with Crippen LogP contribution in [0.15, 0.2) is 47.6 Å². The number of sulfonamides is 1. The number of carbonyl (C=O) groups excluding carboxylic acids is 1. The first-order chi connectivity index (χ1) is 13.8. The van der Waals surface area contributed by atoms with Gasteiger partial charge in [0.15, 0.2) is 0 Å². The van der Waals surface area contributed by atoms with Crippen molar-refractivity contribution in [1.82, 2.24) is 20.2 Å². The number of benzene rings is 1. The number of carbonyl (C=O) groups is 1. The smallest absolute Gasteiger partial charge is 0.362 e. The lowest BCUT2D eigenvalue weighted by Crippen LogP contribution is -2.16. The van der Waals surface area contributed by atoms with Gasteiger partial charge in [-0.3, -0.25) is 20.0 Å². The van der Waals surface area contributed by atoms with Gasteiger partial charge in [0.2, 0.25) is 11.6 Å². The average molecular weight is 419 g/mol. The topological polar surface area (TPSA) is 182 Å². The Kier molecular flexibility index (Phi) is 5.36. The second-order valence-electron chi connectivity index (χ2n) is 5.37. The summed E-state index contributed by atoms with van der Waals surface area (Å²) >= 11 is 0. The van der Waals surface area contributed by atoms with Gasteiger partial charge >= 0.3 is 11.6 Å². The summed E-state index contributed by atoms with van der Waals surface area (Å²) < 4.78 is 31.6. The standard InChI is InChI=1S/C15H13N7O6S/c1-28-14-12(22(24)25)11(19-20-14)13(23)18-9-3-5-10(6-4-9)29(26,27)21-15-16-7-2-8-17-15/h2-8H,1H3,(H,18,23)(H,19,20)(H,16,17,21). The van der Waals surface area contributed by atoms with Crippen LogP contribution in [0.2, 0.25) is 0 Å². The predicted molar refractivity (Wildman–Crippen MR) is 99.0 cm³/mol. The van der Waals surface area contributed by atoms with Crippen LogP contribution >= 0.6 is 0 Å². The Morgan fingerprint density at radius 1 is 1.21 bits per heavy atom. The number of hydrogen-bond acceptors (Lipinski definition) is 9. The molecular formula is C15H13N7O6S. The van der Waals surface area contributed by atoms with Crippen LogP contribution in [0.4, 0.5) is 17.3 Å². The molecule has 13 nitrogen and oxygen atoms in total. The molecule has 14 heteroatoms. The van der Waals surface area contributed by atoms with Crippen molar-refractivity contribution in [3.8, 4) is 5.88 Å². The van der Waals surface area contributed by atoms with Gasteiger partial charge in [-0.1, -0.05) is 0 Å². The third-order valence-electron chi connectivity index (χ3n) is 3.53. The largest absolute Gasteiger partial charge is 0.475 e. The molecule has 150 valence electrons. The van der Waals surface area contributed by atoms with Crippen molar-refractivity contribution in [3.63, 3.8) is 0 Å². The summed E-state index contributed by atoms with van der Waals surface area (Å²) in [6, 6.07) is 6.65. The first kappa shape index (κ1) is 19.7. The maximum atomic E-state index is 12.3. The van der Waals surface area contributed by atoms with Gasteiger partial charge in [0.25, 0.3) is 15.9 Å². The van der Waals surface area contributed by atoms with E-state index in [1.54, 1.807) is 0 Å². The molecule has 0 fully saturated rings. The molecule has 29 heavy (non-hydrogen) atoms. The Morgan fingerprint density at radius 3 is 2.45 bits per heavy atom. The Balaban J connectivity index is 1.77. The SMILES string of the molecule is COc1n[nH]c(C(=O)Nc2ccc(S(=O)(=O)Nc3ncccn3)cc2)c1[N+](=O)[O-]. The summed E-state index contributed by atoms with van der Waals surface area (Å²) in [6.07, 6.45) is 2.76. The number of nitrogens with zero attached hydrogens (tertiary/aromatic N) is 4. The Morgan fingerprint density at radius 2 is 1.86 bits per heavy atom. The zero-order valence-corrected chi connectivity index (χ0v) is 15.5. The predicted octanol–water partition coefficient (Wildman–Crippen LogP) is 1.17. The fraction of sp³-hybridized carbons (Fsp3) is 0.0667. The molecule has 0 unspecified atom stereocenters. The molecule has 3 aromatic rings. The van der Waals surface area contributed by atoms with Crippen LogP contribution in [0, 0.1) is 10.1 Å². The van der Waals surface area contributed by atoms with E-state index in [4.69, 9.17) is 4.74 Å². The normalized spacial score (nSPS) is 10.9. The molecule has 0 spiro atoms. The molecule has 0 radical (unpaired) electrons. The first-order valence-corrected chi connectivity index (χ1v) is 9.28. The molecule has 3 N–H and O–H groups in total. The lowest BCUT2D eigenvalue weighted by Gasteiger charge is -2.08. The number of hydrogen-bond donors (Lipinski definition) is 3. The number of rotatable bonds is 7. The number of nitrogens with one attached hydrogen (secondary N) is 3. The average Bonchev–Trinajstić information content (AvgIpc) is 3.13. The van der Waals surface area contributed by atoms with E-state index in [9.17, 15) is 23.3 Å². The van der Waals surface area contributed by atoms with Crippen LogP contribution in [0.5, 0.6) is 5.88 Å². The van der Waals surface area contributed by atoms with Crippen molar-refractivity contribution in [2.24, 2.45) is 0 Å². The number of nitro groups is 1. The van der Waals surface area contributed by atoms with Gasteiger partial charge in [0.1, 0.15) is 0 Å². The highest BCUT2D eigenvalue weighted by Crippen LogP contribution is 2.28. The van der Waals surface area contributed by atoms with Crippen LogP contribution < -0.4 is 14.8 Å². The number of amides is 1. The Hall–Kier alpha value is -4.07. The van der Waals surface area contributed by atoms with Gasteiger partial charge in [-0.05, 0) is 30.3 Å². The van der Waals surface area contributed by atoms with Crippen molar-refractivity contribution < 1.29 is 22.9 Å². The van der Waals surface area contributed by atoms with Crippen molar-refractivity contribution in [3.05, 3.63) is 58.5 Å². The van der Waals surface area contributed by atoms with E-state index in [-0.39, 0.29) is 22.4 Å². The number of methoxy groups -OCH3 is 1. The van der Waals surface area contributed by atoms with Gasteiger partial charge in [0, 0.05) is 18.1 Å². The van der Waals surface area contributed by atoms with E-state index in [0.29, 0.717) is 0 Å². The summed E-state index contributed by atoms with van der Waals surface area (Å²) in [5, 5.41) is 19.3.